The van der Waals surface area contributed by atoms with Gasteiger partial charge in [0, 0.05) is 49.9 Å². The minimum absolute atomic E-state index is 0.0575. The lowest BCUT2D eigenvalue weighted by molar-refractivity contribution is 0.215. The zero-order chi connectivity index (χ0) is 19.9. The molecule has 0 aliphatic carbocycles. The number of anilines is 1. The summed E-state index contributed by atoms with van der Waals surface area (Å²) in [6.45, 7) is 15.4. The van der Waals surface area contributed by atoms with Crippen molar-refractivity contribution in [2.45, 2.75) is 52.5 Å². The van der Waals surface area contributed by atoms with Crippen molar-refractivity contribution in [3.05, 3.63) is 41.9 Å². The second-order valence-corrected chi connectivity index (χ2v) is 8.99. The summed E-state index contributed by atoms with van der Waals surface area (Å²) < 4.78 is 7.54. The Kier molecular flexibility index (Phi) is 4.87. The molecule has 1 aliphatic rings. The Balaban J connectivity index is 1.40. The molecular weight excluding hydrogens is 352 g/mol. The smallest absolute Gasteiger partial charge is 0.240 e. The molecule has 0 radical (unpaired) electrons. The summed E-state index contributed by atoms with van der Waals surface area (Å²) in [5.74, 6) is 1.80. The van der Waals surface area contributed by atoms with Crippen molar-refractivity contribution in [1.82, 2.24) is 24.4 Å². The SMILES string of the molecule is CC(C)c1noc(CN2CCN(c3ccc4nc(C(C)(C)C)cn4c3)CC2)n1. The van der Waals surface area contributed by atoms with Crippen molar-refractivity contribution in [1.29, 1.82) is 0 Å². The third-order valence-corrected chi connectivity index (χ3v) is 5.30. The molecule has 0 spiro atoms. The minimum Gasteiger partial charge on any atom is -0.368 e. The number of hydrogen-bond donors (Lipinski definition) is 0. The highest BCUT2D eigenvalue weighted by atomic mass is 16.5. The van der Waals surface area contributed by atoms with E-state index in [-0.39, 0.29) is 5.41 Å². The van der Waals surface area contributed by atoms with Crippen LogP contribution in [0.15, 0.2) is 29.0 Å². The molecule has 0 saturated carbocycles. The maximum Gasteiger partial charge on any atom is 0.240 e. The molecule has 3 aromatic heterocycles. The van der Waals surface area contributed by atoms with Crippen LogP contribution in [0.3, 0.4) is 0 Å². The van der Waals surface area contributed by atoms with Gasteiger partial charge in [-0.05, 0) is 12.1 Å². The standard InChI is InChI=1S/C21H30N6O/c1-15(2)20-23-19(28-24-20)14-25-8-10-26(11-9-25)16-6-7-18-22-17(21(3,4)5)13-27(18)12-16/h6-7,12-13,15H,8-11,14H2,1-5H3. The van der Waals surface area contributed by atoms with Gasteiger partial charge in [0.2, 0.25) is 5.89 Å². The molecule has 0 aromatic carbocycles. The van der Waals surface area contributed by atoms with Gasteiger partial charge in [0.05, 0.1) is 17.9 Å². The molecule has 3 aromatic rings. The zero-order valence-electron chi connectivity index (χ0n) is 17.5. The van der Waals surface area contributed by atoms with E-state index in [2.05, 4.69) is 83.5 Å². The van der Waals surface area contributed by atoms with Gasteiger partial charge >= 0.3 is 0 Å². The van der Waals surface area contributed by atoms with Crippen LogP contribution in [0.1, 0.15) is 57.9 Å². The summed E-state index contributed by atoms with van der Waals surface area (Å²) in [5, 5.41) is 4.06. The third-order valence-electron chi connectivity index (χ3n) is 5.30. The molecule has 1 saturated heterocycles. The van der Waals surface area contributed by atoms with Crippen LogP contribution in [0.5, 0.6) is 0 Å². The first-order valence-electron chi connectivity index (χ1n) is 10.1. The van der Waals surface area contributed by atoms with Gasteiger partial charge in [0.1, 0.15) is 5.65 Å². The van der Waals surface area contributed by atoms with Crippen LogP contribution in [0.25, 0.3) is 5.65 Å². The average Bonchev–Trinajstić information content (AvgIpc) is 3.28. The predicted octanol–water partition coefficient (Wildman–Crippen LogP) is 3.46. The van der Waals surface area contributed by atoms with E-state index in [1.54, 1.807) is 0 Å². The molecule has 0 atom stereocenters. The number of nitrogens with zero attached hydrogens (tertiary/aromatic N) is 6. The zero-order valence-corrected chi connectivity index (χ0v) is 17.5. The topological polar surface area (TPSA) is 62.7 Å². The first-order chi connectivity index (χ1) is 13.3. The van der Waals surface area contributed by atoms with Crippen LogP contribution in [0.4, 0.5) is 5.69 Å². The number of imidazole rings is 1. The highest BCUT2D eigenvalue weighted by Gasteiger charge is 2.21. The lowest BCUT2D eigenvalue weighted by Crippen LogP contribution is -2.46. The summed E-state index contributed by atoms with van der Waals surface area (Å²) in [5.41, 5.74) is 3.42. The average molecular weight is 383 g/mol. The van der Waals surface area contributed by atoms with Crippen LogP contribution in [-0.2, 0) is 12.0 Å². The number of piperazine rings is 1. The Labute approximate surface area is 166 Å². The molecule has 1 fully saturated rings. The van der Waals surface area contributed by atoms with Gasteiger partial charge in [-0.15, -0.1) is 0 Å². The molecule has 4 heterocycles. The fraction of sp³-hybridized carbons (Fsp3) is 0.571. The van der Waals surface area contributed by atoms with Crippen LogP contribution < -0.4 is 4.90 Å². The van der Waals surface area contributed by atoms with E-state index >= 15 is 0 Å². The Bertz CT molecular complexity index is 943. The van der Waals surface area contributed by atoms with Crippen molar-refractivity contribution >= 4 is 11.3 Å². The first kappa shape index (κ1) is 18.9. The highest BCUT2D eigenvalue weighted by Crippen LogP contribution is 2.24. The number of hydrogen-bond acceptors (Lipinski definition) is 6. The largest absolute Gasteiger partial charge is 0.368 e. The predicted molar refractivity (Wildman–Crippen MR) is 110 cm³/mol. The van der Waals surface area contributed by atoms with Crippen molar-refractivity contribution in [3.8, 4) is 0 Å². The molecule has 150 valence electrons. The van der Waals surface area contributed by atoms with E-state index < -0.39 is 0 Å². The maximum absolute atomic E-state index is 5.39. The quantitative estimate of drug-likeness (QED) is 0.689. The summed E-state index contributed by atoms with van der Waals surface area (Å²) in [7, 11) is 0. The van der Waals surface area contributed by atoms with Gasteiger partial charge in [-0.25, -0.2) is 4.98 Å². The molecule has 7 nitrogen and oxygen atoms in total. The summed E-state index contributed by atoms with van der Waals surface area (Å²) >= 11 is 0. The molecule has 1 aliphatic heterocycles. The van der Waals surface area contributed by atoms with E-state index in [9.17, 15) is 0 Å². The van der Waals surface area contributed by atoms with Crippen molar-refractivity contribution in [2.75, 3.05) is 31.1 Å². The molecule has 4 rings (SSSR count). The van der Waals surface area contributed by atoms with Crippen LogP contribution in [-0.4, -0.2) is 50.6 Å². The van der Waals surface area contributed by atoms with E-state index in [4.69, 9.17) is 9.51 Å². The molecule has 0 unspecified atom stereocenters. The monoisotopic (exact) mass is 382 g/mol. The Morgan fingerprint density at radius 2 is 1.79 bits per heavy atom. The highest BCUT2D eigenvalue weighted by molar-refractivity contribution is 5.53. The number of fused-ring (bicyclic) bond motifs is 1. The van der Waals surface area contributed by atoms with Gasteiger partial charge in [-0.3, -0.25) is 4.90 Å². The van der Waals surface area contributed by atoms with Crippen LogP contribution >= 0.6 is 0 Å². The van der Waals surface area contributed by atoms with E-state index in [0.717, 1.165) is 49.9 Å². The van der Waals surface area contributed by atoms with Crippen molar-refractivity contribution < 1.29 is 4.52 Å². The normalized spacial score (nSPS) is 16.4. The molecule has 0 bridgehead atoms. The fourth-order valence-electron chi connectivity index (χ4n) is 3.45. The number of pyridine rings is 1. The van der Waals surface area contributed by atoms with Gasteiger partial charge in [0.25, 0.3) is 0 Å². The Morgan fingerprint density at radius 3 is 2.43 bits per heavy atom. The summed E-state index contributed by atoms with van der Waals surface area (Å²) in [6.07, 6.45) is 4.34. The molecule has 7 heteroatoms. The van der Waals surface area contributed by atoms with Gasteiger partial charge in [-0.2, -0.15) is 4.98 Å². The fourth-order valence-corrected chi connectivity index (χ4v) is 3.45. The third kappa shape index (κ3) is 3.90. The molecule has 0 amide bonds. The Hall–Kier alpha value is -2.41. The summed E-state index contributed by atoms with van der Waals surface area (Å²) in [4.78, 5) is 14.1. The van der Waals surface area contributed by atoms with Gasteiger partial charge in [-0.1, -0.05) is 39.8 Å². The van der Waals surface area contributed by atoms with Gasteiger partial charge < -0.3 is 13.8 Å². The lowest BCUT2D eigenvalue weighted by atomic mass is 9.93. The maximum atomic E-state index is 5.39. The Morgan fingerprint density at radius 1 is 1.04 bits per heavy atom. The van der Waals surface area contributed by atoms with E-state index in [1.807, 2.05) is 0 Å². The number of rotatable bonds is 4. The van der Waals surface area contributed by atoms with Gasteiger partial charge in [0.15, 0.2) is 5.82 Å². The van der Waals surface area contributed by atoms with Crippen molar-refractivity contribution in [3.63, 3.8) is 0 Å². The van der Waals surface area contributed by atoms with E-state index in [0.29, 0.717) is 11.8 Å². The number of aromatic nitrogens is 4. The lowest BCUT2D eigenvalue weighted by Gasteiger charge is -2.35. The second-order valence-electron chi connectivity index (χ2n) is 8.99. The first-order valence-corrected chi connectivity index (χ1v) is 10.1. The molecule has 28 heavy (non-hydrogen) atoms. The summed E-state index contributed by atoms with van der Waals surface area (Å²) in [6, 6.07) is 4.29. The van der Waals surface area contributed by atoms with Crippen LogP contribution in [0.2, 0.25) is 0 Å². The van der Waals surface area contributed by atoms with E-state index in [1.165, 1.54) is 5.69 Å². The minimum atomic E-state index is 0.0575. The molecule has 0 N–H and O–H groups in total. The van der Waals surface area contributed by atoms with Crippen LogP contribution in [0, 0.1) is 0 Å². The molecular formula is C21H30N6O. The second kappa shape index (κ2) is 7.20. The van der Waals surface area contributed by atoms with Crippen molar-refractivity contribution in [2.24, 2.45) is 0 Å².